The largest absolute Gasteiger partial charge is 0.326 e. The number of aryl methyl sites for hydroxylation is 2. The van der Waals surface area contributed by atoms with Gasteiger partial charge >= 0.3 is 0 Å². The molecule has 3 aromatic carbocycles. The van der Waals surface area contributed by atoms with Gasteiger partial charge in [-0.3, -0.25) is 5.41 Å². The molecule has 0 aliphatic heterocycles. The van der Waals surface area contributed by atoms with Crippen molar-refractivity contribution in [3.05, 3.63) is 83.9 Å². The molecule has 3 heteroatoms. The van der Waals surface area contributed by atoms with Crippen molar-refractivity contribution >= 4 is 17.3 Å². The lowest BCUT2D eigenvalue weighted by atomic mass is 10.0. The Labute approximate surface area is 149 Å². The van der Waals surface area contributed by atoms with Gasteiger partial charge in [0.2, 0.25) is 0 Å². The molecular weight excluding hydrogens is 306 g/mol. The van der Waals surface area contributed by atoms with E-state index in [1.165, 1.54) is 11.1 Å². The van der Waals surface area contributed by atoms with Gasteiger partial charge < -0.3 is 10.6 Å². The molecule has 0 spiro atoms. The number of rotatable bonds is 4. The normalized spacial score (nSPS) is 10.3. The van der Waals surface area contributed by atoms with Crippen LogP contribution in [-0.2, 0) is 6.42 Å². The van der Waals surface area contributed by atoms with Gasteiger partial charge in [-0.15, -0.1) is 0 Å². The summed E-state index contributed by atoms with van der Waals surface area (Å²) < 4.78 is 0. The second kappa shape index (κ2) is 7.67. The Bertz CT molecular complexity index is 884. The average Bonchev–Trinajstić information content (AvgIpc) is 2.62. The summed E-state index contributed by atoms with van der Waals surface area (Å²) in [5, 5.41) is 14.6. The fraction of sp³-hybridized carbons (Fsp3) is 0.136. The lowest BCUT2D eigenvalue weighted by molar-refractivity contribution is 1.14. The van der Waals surface area contributed by atoms with Gasteiger partial charge in [-0.2, -0.15) is 0 Å². The van der Waals surface area contributed by atoms with Gasteiger partial charge in [-0.05, 0) is 42.7 Å². The maximum atomic E-state index is 8.27. The monoisotopic (exact) mass is 329 g/mol. The Balaban J connectivity index is 1.80. The third-order valence-electron chi connectivity index (χ3n) is 4.12. The molecule has 3 rings (SSSR count). The van der Waals surface area contributed by atoms with E-state index in [0.29, 0.717) is 0 Å². The van der Waals surface area contributed by atoms with Gasteiger partial charge in [-0.25, -0.2) is 0 Å². The van der Waals surface area contributed by atoms with Crippen molar-refractivity contribution in [2.75, 3.05) is 10.6 Å². The van der Waals surface area contributed by atoms with Crippen LogP contribution in [0.15, 0.2) is 72.8 Å². The third-order valence-corrected chi connectivity index (χ3v) is 4.12. The van der Waals surface area contributed by atoms with Crippen LogP contribution in [0.2, 0.25) is 0 Å². The molecule has 0 aliphatic carbocycles. The molecule has 0 saturated heterocycles. The first-order valence-electron chi connectivity index (χ1n) is 8.53. The summed E-state index contributed by atoms with van der Waals surface area (Å²) >= 11 is 0. The zero-order valence-corrected chi connectivity index (χ0v) is 14.6. The zero-order valence-electron chi connectivity index (χ0n) is 14.6. The number of benzene rings is 3. The fourth-order valence-electron chi connectivity index (χ4n) is 2.84. The van der Waals surface area contributed by atoms with E-state index in [9.17, 15) is 0 Å². The van der Waals surface area contributed by atoms with Crippen LogP contribution < -0.4 is 10.6 Å². The summed E-state index contributed by atoms with van der Waals surface area (Å²) in [6.45, 7) is 4.21. The minimum atomic E-state index is 0.258. The number of hydrogen-bond acceptors (Lipinski definition) is 1. The Morgan fingerprint density at radius 3 is 2.48 bits per heavy atom. The molecule has 3 aromatic rings. The number of anilines is 2. The Hall–Kier alpha value is -3.07. The van der Waals surface area contributed by atoms with Crippen LogP contribution in [0.5, 0.6) is 0 Å². The van der Waals surface area contributed by atoms with Crippen molar-refractivity contribution in [2.45, 2.75) is 20.3 Å². The second-order valence-electron chi connectivity index (χ2n) is 6.09. The summed E-state index contributed by atoms with van der Waals surface area (Å²) in [5.74, 6) is 0.258. The van der Waals surface area contributed by atoms with E-state index in [4.69, 9.17) is 5.41 Å². The molecule has 0 aliphatic rings. The van der Waals surface area contributed by atoms with Crippen LogP contribution in [0.3, 0.4) is 0 Å². The molecule has 0 saturated carbocycles. The average molecular weight is 329 g/mol. The highest BCUT2D eigenvalue weighted by Gasteiger charge is 2.07. The van der Waals surface area contributed by atoms with Gasteiger partial charge in [0, 0.05) is 16.9 Å². The minimum Gasteiger partial charge on any atom is -0.326 e. The topological polar surface area (TPSA) is 47.9 Å². The highest BCUT2D eigenvalue weighted by atomic mass is 15.1. The number of para-hydroxylation sites is 1. The molecule has 0 aromatic heterocycles. The molecule has 0 bridgehead atoms. The maximum Gasteiger partial charge on any atom is 0.197 e. The summed E-state index contributed by atoms with van der Waals surface area (Å²) in [6.07, 6.45) is 0.979. The molecule has 25 heavy (non-hydrogen) atoms. The van der Waals surface area contributed by atoms with Crippen LogP contribution in [0, 0.1) is 12.3 Å². The second-order valence-corrected chi connectivity index (χ2v) is 6.09. The lowest BCUT2D eigenvalue weighted by Gasteiger charge is -2.15. The van der Waals surface area contributed by atoms with Crippen molar-refractivity contribution in [1.82, 2.24) is 0 Å². The van der Waals surface area contributed by atoms with Crippen LogP contribution in [0.1, 0.15) is 18.1 Å². The number of hydrogen-bond donors (Lipinski definition) is 3. The van der Waals surface area contributed by atoms with E-state index < -0.39 is 0 Å². The van der Waals surface area contributed by atoms with Crippen LogP contribution >= 0.6 is 0 Å². The molecule has 0 atom stereocenters. The highest BCUT2D eigenvalue weighted by Crippen LogP contribution is 2.28. The van der Waals surface area contributed by atoms with E-state index in [1.807, 2.05) is 30.3 Å². The lowest BCUT2D eigenvalue weighted by Crippen LogP contribution is -2.20. The predicted octanol–water partition coefficient (Wildman–Crippen LogP) is 5.68. The van der Waals surface area contributed by atoms with E-state index in [2.05, 4.69) is 66.9 Å². The van der Waals surface area contributed by atoms with Crippen LogP contribution in [0.25, 0.3) is 11.1 Å². The highest BCUT2D eigenvalue weighted by molar-refractivity contribution is 6.03. The Kier molecular flexibility index (Phi) is 5.14. The van der Waals surface area contributed by atoms with Crippen molar-refractivity contribution < 1.29 is 0 Å². The summed E-state index contributed by atoms with van der Waals surface area (Å²) in [5.41, 5.74) is 6.53. The molecule has 0 heterocycles. The predicted molar refractivity (Wildman–Crippen MR) is 107 cm³/mol. The van der Waals surface area contributed by atoms with Crippen molar-refractivity contribution in [3.8, 4) is 11.1 Å². The molecule has 3 N–H and O–H groups in total. The molecule has 0 amide bonds. The van der Waals surface area contributed by atoms with Gasteiger partial charge in [0.1, 0.15) is 0 Å². The molecule has 0 fully saturated rings. The fourth-order valence-corrected chi connectivity index (χ4v) is 2.84. The smallest absolute Gasteiger partial charge is 0.197 e. The standard InChI is InChI=1S/C22H23N3/c1-3-17-9-7-11-19(15-17)24-22(23)25-21-13-5-4-12-20(21)18-10-6-8-16(2)14-18/h4-15H,3H2,1-2H3,(H3,23,24,25). The SMILES string of the molecule is CCc1cccc(NC(=N)Nc2ccccc2-c2cccc(C)c2)c1. The molecular formula is C22H23N3. The number of nitrogens with one attached hydrogen (secondary N) is 3. The third kappa shape index (κ3) is 4.27. The minimum absolute atomic E-state index is 0.258. The molecule has 0 radical (unpaired) electrons. The molecule has 126 valence electrons. The van der Waals surface area contributed by atoms with Crippen LogP contribution in [0.4, 0.5) is 11.4 Å². The summed E-state index contributed by atoms with van der Waals surface area (Å²) in [6, 6.07) is 24.6. The van der Waals surface area contributed by atoms with E-state index in [0.717, 1.165) is 28.9 Å². The van der Waals surface area contributed by atoms with E-state index in [1.54, 1.807) is 0 Å². The quantitative estimate of drug-likeness (QED) is 0.426. The maximum absolute atomic E-state index is 8.27. The Morgan fingerprint density at radius 2 is 1.68 bits per heavy atom. The molecule has 3 nitrogen and oxygen atoms in total. The zero-order chi connectivity index (χ0) is 17.6. The molecule has 0 unspecified atom stereocenters. The van der Waals surface area contributed by atoms with Gasteiger partial charge in [0.25, 0.3) is 0 Å². The van der Waals surface area contributed by atoms with E-state index >= 15 is 0 Å². The van der Waals surface area contributed by atoms with Gasteiger partial charge in [0.15, 0.2) is 5.96 Å². The first-order valence-corrected chi connectivity index (χ1v) is 8.53. The first kappa shape index (κ1) is 16.8. The first-order chi connectivity index (χ1) is 12.2. The number of guanidine groups is 1. The summed E-state index contributed by atoms with van der Waals surface area (Å²) in [7, 11) is 0. The Morgan fingerprint density at radius 1 is 0.880 bits per heavy atom. The summed E-state index contributed by atoms with van der Waals surface area (Å²) in [4.78, 5) is 0. The van der Waals surface area contributed by atoms with Crippen molar-refractivity contribution in [2.24, 2.45) is 0 Å². The van der Waals surface area contributed by atoms with Crippen molar-refractivity contribution in [3.63, 3.8) is 0 Å². The van der Waals surface area contributed by atoms with Gasteiger partial charge in [-0.1, -0.05) is 67.1 Å². The van der Waals surface area contributed by atoms with Gasteiger partial charge in [0.05, 0.1) is 0 Å². The van der Waals surface area contributed by atoms with Crippen LogP contribution in [-0.4, -0.2) is 5.96 Å². The van der Waals surface area contributed by atoms with E-state index in [-0.39, 0.29) is 5.96 Å². The van der Waals surface area contributed by atoms with Crippen molar-refractivity contribution in [1.29, 1.82) is 5.41 Å².